The molecular formula is C9H6BrN3O. The summed E-state index contributed by atoms with van der Waals surface area (Å²) in [7, 11) is 0. The predicted molar refractivity (Wildman–Crippen MR) is 54.0 cm³/mol. The number of H-pyrrole nitrogens is 1. The predicted octanol–water partition coefficient (Wildman–Crippen LogP) is 1.80. The lowest BCUT2D eigenvalue weighted by Crippen LogP contribution is -2.03. The largest absolute Gasteiger partial charge is 0.342 e. The summed E-state index contributed by atoms with van der Waals surface area (Å²) in [6.45, 7) is 0. The van der Waals surface area contributed by atoms with Crippen molar-refractivity contribution in [2.75, 3.05) is 0 Å². The van der Waals surface area contributed by atoms with Crippen LogP contribution in [-0.2, 0) is 0 Å². The molecule has 0 amide bonds. The Hall–Kier alpha value is -1.49. The highest BCUT2D eigenvalue weighted by Gasteiger charge is 2.11. The van der Waals surface area contributed by atoms with Gasteiger partial charge in [-0.05, 0) is 28.1 Å². The van der Waals surface area contributed by atoms with E-state index in [4.69, 9.17) is 0 Å². The van der Waals surface area contributed by atoms with E-state index >= 15 is 0 Å². The third kappa shape index (κ3) is 1.72. The SMILES string of the molecule is O=C(c1ccnc(Br)c1)c1ncc[nH]1. The van der Waals surface area contributed by atoms with E-state index in [1.165, 1.54) is 0 Å². The van der Waals surface area contributed by atoms with Gasteiger partial charge in [-0.25, -0.2) is 9.97 Å². The van der Waals surface area contributed by atoms with E-state index in [0.717, 1.165) is 0 Å². The van der Waals surface area contributed by atoms with Crippen LogP contribution in [0.2, 0.25) is 0 Å². The first kappa shape index (κ1) is 9.08. The summed E-state index contributed by atoms with van der Waals surface area (Å²) in [5.41, 5.74) is 0.557. The molecule has 1 N–H and O–H groups in total. The Kier molecular flexibility index (Phi) is 2.41. The van der Waals surface area contributed by atoms with Crippen molar-refractivity contribution in [3.63, 3.8) is 0 Å². The molecule has 2 aromatic rings. The Morgan fingerprint density at radius 3 is 2.86 bits per heavy atom. The molecule has 0 aliphatic rings. The molecule has 0 aliphatic heterocycles. The van der Waals surface area contributed by atoms with Crippen molar-refractivity contribution in [3.8, 4) is 0 Å². The van der Waals surface area contributed by atoms with Crippen molar-refractivity contribution < 1.29 is 4.79 Å². The van der Waals surface area contributed by atoms with Crippen LogP contribution in [0, 0.1) is 0 Å². The number of hydrogen-bond donors (Lipinski definition) is 1. The van der Waals surface area contributed by atoms with Crippen LogP contribution >= 0.6 is 15.9 Å². The van der Waals surface area contributed by atoms with E-state index in [9.17, 15) is 4.79 Å². The standard InChI is InChI=1S/C9H6BrN3O/c10-7-5-6(1-2-11-7)8(14)9-12-3-4-13-9/h1-5H,(H,12,13). The molecule has 0 aromatic carbocycles. The molecule has 2 rings (SSSR count). The van der Waals surface area contributed by atoms with E-state index in [-0.39, 0.29) is 5.78 Å². The van der Waals surface area contributed by atoms with Crippen molar-refractivity contribution in [1.82, 2.24) is 15.0 Å². The van der Waals surface area contributed by atoms with Gasteiger partial charge in [0.1, 0.15) is 4.60 Å². The summed E-state index contributed by atoms with van der Waals surface area (Å²) >= 11 is 3.20. The lowest BCUT2D eigenvalue weighted by molar-refractivity contribution is 0.103. The third-order valence-corrected chi connectivity index (χ3v) is 2.14. The molecule has 0 spiro atoms. The second-order valence-corrected chi connectivity index (χ2v) is 3.45. The number of nitrogens with zero attached hydrogens (tertiary/aromatic N) is 2. The summed E-state index contributed by atoms with van der Waals surface area (Å²) in [6, 6.07) is 3.31. The summed E-state index contributed by atoms with van der Waals surface area (Å²) in [5.74, 6) is 0.196. The van der Waals surface area contributed by atoms with Gasteiger partial charge < -0.3 is 4.98 Å². The molecule has 5 heteroatoms. The van der Waals surface area contributed by atoms with Crippen LogP contribution in [0.5, 0.6) is 0 Å². The number of pyridine rings is 1. The van der Waals surface area contributed by atoms with E-state index < -0.39 is 0 Å². The first-order chi connectivity index (χ1) is 6.77. The highest BCUT2D eigenvalue weighted by molar-refractivity contribution is 9.10. The minimum absolute atomic E-state index is 0.141. The Bertz CT molecular complexity index is 453. The molecule has 4 nitrogen and oxygen atoms in total. The number of aromatic amines is 1. The van der Waals surface area contributed by atoms with Crippen LogP contribution < -0.4 is 0 Å². The number of carbonyl (C=O) groups is 1. The Labute approximate surface area is 88.5 Å². The molecule has 0 unspecified atom stereocenters. The number of hydrogen-bond acceptors (Lipinski definition) is 3. The van der Waals surface area contributed by atoms with Gasteiger partial charge in [-0.3, -0.25) is 4.79 Å². The summed E-state index contributed by atoms with van der Waals surface area (Å²) in [4.78, 5) is 22.3. The number of aromatic nitrogens is 3. The maximum atomic E-state index is 11.7. The van der Waals surface area contributed by atoms with Crippen molar-refractivity contribution in [2.24, 2.45) is 0 Å². The van der Waals surface area contributed by atoms with Gasteiger partial charge in [0.05, 0.1) is 0 Å². The fraction of sp³-hybridized carbons (Fsp3) is 0. The Balaban J connectivity index is 2.37. The summed E-state index contributed by atoms with van der Waals surface area (Å²) in [6.07, 6.45) is 4.73. The number of imidazole rings is 1. The molecule has 0 atom stereocenters. The average molecular weight is 252 g/mol. The maximum Gasteiger partial charge on any atom is 0.228 e. The van der Waals surface area contributed by atoms with Crippen LogP contribution in [0.3, 0.4) is 0 Å². The zero-order valence-electron chi connectivity index (χ0n) is 7.07. The minimum Gasteiger partial charge on any atom is -0.342 e. The highest BCUT2D eigenvalue weighted by Crippen LogP contribution is 2.10. The van der Waals surface area contributed by atoms with E-state index in [2.05, 4.69) is 30.9 Å². The van der Waals surface area contributed by atoms with Crippen LogP contribution in [0.4, 0.5) is 0 Å². The van der Waals surface area contributed by atoms with Crippen molar-refractivity contribution in [2.45, 2.75) is 0 Å². The zero-order chi connectivity index (χ0) is 9.97. The molecule has 2 aromatic heterocycles. The number of rotatable bonds is 2. The minimum atomic E-state index is -0.141. The second kappa shape index (κ2) is 3.71. The molecule has 14 heavy (non-hydrogen) atoms. The van der Waals surface area contributed by atoms with Gasteiger partial charge in [0.15, 0.2) is 5.82 Å². The van der Waals surface area contributed by atoms with Crippen molar-refractivity contribution in [1.29, 1.82) is 0 Å². The topological polar surface area (TPSA) is 58.6 Å². The van der Waals surface area contributed by atoms with Gasteiger partial charge in [0, 0.05) is 24.2 Å². The number of nitrogens with one attached hydrogen (secondary N) is 1. The normalized spacial score (nSPS) is 10.1. The van der Waals surface area contributed by atoms with Crippen LogP contribution in [-0.4, -0.2) is 20.7 Å². The van der Waals surface area contributed by atoms with Crippen LogP contribution in [0.1, 0.15) is 16.2 Å². The lowest BCUT2D eigenvalue weighted by Gasteiger charge is -1.96. The van der Waals surface area contributed by atoms with Crippen molar-refractivity contribution >= 4 is 21.7 Å². The first-order valence-corrected chi connectivity index (χ1v) is 4.72. The van der Waals surface area contributed by atoms with Crippen molar-refractivity contribution in [3.05, 3.63) is 46.7 Å². The Morgan fingerprint density at radius 2 is 2.21 bits per heavy atom. The molecular weight excluding hydrogens is 246 g/mol. The lowest BCUT2D eigenvalue weighted by atomic mass is 10.2. The fourth-order valence-electron chi connectivity index (χ4n) is 1.07. The number of halogens is 1. The molecule has 0 bridgehead atoms. The van der Waals surface area contributed by atoms with Gasteiger partial charge >= 0.3 is 0 Å². The quantitative estimate of drug-likeness (QED) is 0.654. The summed E-state index contributed by atoms with van der Waals surface area (Å²) < 4.78 is 0.634. The zero-order valence-corrected chi connectivity index (χ0v) is 8.65. The van der Waals surface area contributed by atoms with E-state index in [1.807, 2.05) is 0 Å². The molecule has 2 heterocycles. The highest BCUT2D eigenvalue weighted by atomic mass is 79.9. The van der Waals surface area contributed by atoms with Gasteiger partial charge in [0.25, 0.3) is 0 Å². The van der Waals surface area contributed by atoms with Gasteiger partial charge in [-0.2, -0.15) is 0 Å². The van der Waals surface area contributed by atoms with Crippen LogP contribution in [0.25, 0.3) is 0 Å². The monoisotopic (exact) mass is 251 g/mol. The summed E-state index contributed by atoms with van der Waals surface area (Å²) in [5, 5.41) is 0. The molecule has 0 radical (unpaired) electrons. The van der Waals surface area contributed by atoms with Gasteiger partial charge in [-0.1, -0.05) is 0 Å². The van der Waals surface area contributed by atoms with Gasteiger partial charge in [-0.15, -0.1) is 0 Å². The third-order valence-electron chi connectivity index (χ3n) is 1.70. The fourth-order valence-corrected chi connectivity index (χ4v) is 1.43. The van der Waals surface area contributed by atoms with Gasteiger partial charge in [0.2, 0.25) is 5.78 Å². The molecule has 0 fully saturated rings. The number of ketones is 1. The van der Waals surface area contributed by atoms with E-state index in [1.54, 1.807) is 30.7 Å². The molecule has 0 aliphatic carbocycles. The molecule has 70 valence electrons. The average Bonchev–Trinajstić information content (AvgIpc) is 2.69. The van der Waals surface area contributed by atoms with E-state index in [0.29, 0.717) is 16.0 Å². The second-order valence-electron chi connectivity index (χ2n) is 2.63. The maximum absolute atomic E-state index is 11.7. The smallest absolute Gasteiger partial charge is 0.228 e. The van der Waals surface area contributed by atoms with Crippen LogP contribution in [0.15, 0.2) is 35.3 Å². The Morgan fingerprint density at radius 1 is 1.36 bits per heavy atom. The first-order valence-electron chi connectivity index (χ1n) is 3.93. The number of carbonyl (C=O) groups excluding carboxylic acids is 1. The molecule has 0 saturated carbocycles. The molecule has 0 saturated heterocycles.